The summed E-state index contributed by atoms with van der Waals surface area (Å²) in [5.41, 5.74) is 0.878. The Bertz CT molecular complexity index is 795. The number of hydrogen-bond acceptors (Lipinski definition) is 4. The number of nitrogens with zero attached hydrogens (tertiary/aromatic N) is 1. The van der Waals surface area contributed by atoms with E-state index in [1.165, 1.54) is 4.90 Å². The fourth-order valence-corrected chi connectivity index (χ4v) is 2.81. The van der Waals surface area contributed by atoms with Crippen molar-refractivity contribution in [1.29, 1.82) is 0 Å². The third-order valence-electron chi connectivity index (χ3n) is 4.22. The highest BCUT2D eigenvalue weighted by Crippen LogP contribution is 2.23. The van der Waals surface area contributed by atoms with Gasteiger partial charge in [-0.15, -0.1) is 0 Å². The van der Waals surface area contributed by atoms with Crippen molar-refractivity contribution in [3.63, 3.8) is 0 Å². The lowest BCUT2D eigenvalue weighted by Gasteiger charge is -2.28. The predicted octanol–water partition coefficient (Wildman–Crippen LogP) is 3.28. The first-order valence-corrected chi connectivity index (χ1v) is 9.41. The van der Waals surface area contributed by atoms with Crippen LogP contribution < -0.4 is 14.8 Å². The minimum Gasteiger partial charge on any atom is -0.497 e. The van der Waals surface area contributed by atoms with Crippen molar-refractivity contribution in [1.82, 2.24) is 10.2 Å². The van der Waals surface area contributed by atoms with Crippen LogP contribution in [0, 0.1) is 0 Å². The number of methoxy groups -OCH3 is 1. The normalized spacial score (nSPS) is 11.4. The van der Waals surface area contributed by atoms with Gasteiger partial charge in [0.1, 0.15) is 17.5 Å². The quantitative estimate of drug-likeness (QED) is 0.696. The van der Waals surface area contributed by atoms with Gasteiger partial charge in [-0.2, -0.15) is 0 Å². The van der Waals surface area contributed by atoms with Crippen molar-refractivity contribution in [2.75, 3.05) is 20.3 Å². The second kappa shape index (κ2) is 10.6. The van der Waals surface area contributed by atoms with Crippen molar-refractivity contribution < 1.29 is 19.1 Å². The van der Waals surface area contributed by atoms with Gasteiger partial charge in [-0.3, -0.25) is 9.59 Å². The molecule has 2 aromatic rings. The maximum absolute atomic E-state index is 12.9. The zero-order valence-corrected chi connectivity index (χ0v) is 17.0. The standard InChI is InChI=1S/C21H25ClN2O4/c1-4-23-21(26)15(2)24(13-16-9-11-17(27-3)12-10-16)20(25)14-28-19-8-6-5-7-18(19)22/h5-12,15H,4,13-14H2,1-3H3,(H,23,26)/t15-/m0/s1. The second-order valence-electron chi connectivity index (χ2n) is 6.16. The molecule has 2 rings (SSSR count). The van der Waals surface area contributed by atoms with Crippen LogP contribution in [0.5, 0.6) is 11.5 Å². The number of para-hydroxylation sites is 1. The predicted molar refractivity (Wildman–Crippen MR) is 109 cm³/mol. The van der Waals surface area contributed by atoms with Gasteiger partial charge in [0.15, 0.2) is 6.61 Å². The number of ether oxygens (including phenoxy) is 2. The van der Waals surface area contributed by atoms with E-state index in [2.05, 4.69) is 5.32 Å². The van der Waals surface area contributed by atoms with Crippen LogP contribution in [0.4, 0.5) is 0 Å². The number of amides is 2. The van der Waals surface area contributed by atoms with Crippen LogP contribution in [0.25, 0.3) is 0 Å². The molecule has 2 aromatic carbocycles. The molecule has 0 radical (unpaired) electrons. The second-order valence-corrected chi connectivity index (χ2v) is 6.57. The minimum absolute atomic E-state index is 0.219. The van der Waals surface area contributed by atoms with Gasteiger partial charge < -0.3 is 19.7 Å². The largest absolute Gasteiger partial charge is 0.497 e. The number of benzene rings is 2. The first kappa shape index (κ1) is 21.6. The summed E-state index contributed by atoms with van der Waals surface area (Å²) in [6.45, 7) is 4.07. The summed E-state index contributed by atoms with van der Waals surface area (Å²) in [5, 5.41) is 3.18. The molecule has 2 amide bonds. The maximum Gasteiger partial charge on any atom is 0.261 e. The van der Waals surface area contributed by atoms with Gasteiger partial charge in [-0.05, 0) is 43.7 Å². The number of hydrogen-bond donors (Lipinski definition) is 1. The van der Waals surface area contributed by atoms with Crippen LogP contribution in [0.3, 0.4) is 0 Å². The fraction of sp³-hybridized carbons (Fsp3) is 0.333. The Morgan fingerprint density at radius 3 is 2.43 bits per heavy atom. The molecule has 0 saturated heterocycles. The van der Waals surface area contributed by atoms with Crippen LogP contribution in [0.1, 0.15) is 19.4 Å². The van der Waals surface area contributed by atoms with E-state index in [-0.39, 0.29) is 25.0 Å². The lowest BCUT2D eigenvalue weighted by atomic mass is 10.1. The SMILES string of the molecule is CCNC(=O)[C@H](C)N(Cc1ccc(OC)cc1)C(=O)COc1ccccc1Cl. The fourth-order valence-electron chi connectivity index (χ4n) is 2.62. The molecule has 1 atom stereocenters. The van der Waals surface area contributed by atoms with E-state index in [9.17, 15) is 9.59 Å². The molecule has 28 heavy (non-hydrogen) atoms. The van der Waals surface area contributed by atoms with E-state index in [1.807, 2.05) is 31.2 Å². The lowest BCUT2D eigenvalue weighted by molar-refractivity contribution is -0.142. The zero-order valence-electron chi connectivity index (χ0n) is 16.3. The molecule has 0 aliphatic heterocycles. The molecular weight excluding hydrogens is 380 g/mol. The van der Waals surface area contributed by atoms with Gasteiger partial charge in [-0.1, -0.05) is 35.9 Å². The number of likely N-dealkylation sites (N-methyl/N-ethyl adjacent to an activating group) is 1. The van der Waals surface area contributed by atoms with E-state index in [0.29, 0.717) is 17.3 Å². The molecule has 0 aromatic heterocycles. The number of rotatable bonds is 9. The van der Waals surface area contributed by atoms with Gasteiger partial charge in [-0.25, -0.2) is 0 Å². The molecule has 7 heteroatoms. The summed E-state index contributed by atoms with van der Waals surface area (Å²) in [7, 11) is 1.59. The summed E-state index contributed by atoms with van der Waals surface area (Å²) in [6, 6.07) is 13.6. The van der Waals surface area contributed by atoms with Crippen molar-refractivity contribution in [2.45, 2.75) is 26.4 Å². The highest BCUT2D eigenvalue weighted by Gasteiger charge is 2.26. The first-order valence-electron chi connectivity index (χ1n) is 9.03. The van der Waals surface area contributed by atoms with Gasteiger partial charge in [0, 0.05) is 13.1 Å². The lowest BCUT2D eigenvalue weighted by Crippen LogP contribution is -2.49. The molecular formula is C21H25ClN2O4. The number of halogens is 1. The molecule has 1 N–H and O–H groups in total. The van der Waals surface area contributed by atoms with Crippen molar-refractivity contribution >= 4 is 23.4 Å². The number of carbonyl (C=O) groups is 2. The summed E-state index contributed by atoms with van der Waals surface area (Å²) >= 11 is 6.07. The van der Waals surface area contributed by atoms with Crippen LogP contribution in [0.2, 0.25) is 5.02 Å². The van der Waals surface area contributed by atoms with Gasteiger partial charge >= 0.3 is 0 Å². The average molecular weight is 405 g/mol. The Kier molecular flexibility index (Phi) is 8.14. The third-order valence-corrected chi connectivity index (χ3v) is 4.53. The zero-order chi connectivity index (χ0) is 20.5. The van der Waals surface area contributed by atoms with Crippen molar-refractivity contribution in [3.05, 3.63) is 59.1 Å². The Labute approximate surface area is 170 Å². The van der Waals surface area contributed by atoms with Crippen molar-refractivity contribution in [3.8, 4) is 11.5 Å². The highest BCUT2D eigenvalue weighted by atomic mass is 35.5. The molecule has 0 bridgehead atoms. The van der Waals surface area contributed by atoms with Crippen LogP contribution in [0.15, 0.2) is 48.5 Å². The van der Waals surface area contributed by atoms with E-state index in [4.69, 9.17) is 21.1 Å². The molecule has 150 valence electrons. The molecule has 0 heterocycles. The smallest absolute Gasteiger partial charge is 0.261 e. The van der Waals surface area contributed by atoms with Crippen LogP contribution >= 0.6 is 11.6 Å². The number of carbonyl (C=O) groups excluding carboxylic acids is 2. The highest BCUT2D eigenvalue weighted by molar-refractivity contribution is 6.32. The van der Waals surface area contributed by atoms with E-state index in [0.717, 1.165) is 11.3 Å². The van der Waals surface area contributed by atoms with E-state index in [1.54, 1.807) is 38.3 Å². The monoisotopic (exact) mass is 404 g/mol. The number of nitrogens with one attached hydrogen (secondary N) is 1. The Hall–Kier alpha value is -2.73. The van der Waals surface area contributed by atoms with Gasteiger partial charge in [0.25, 0.3) is 5.91 Å². The molecule has 6 nitrogen and oxygen atoms in total. The molecule has 0 spiro atoms. The molecule has 0 saturated carbocycles. The minimum atomic E-state index is -0.649. The third kappa shape index (κ3) is 5.89. The van der Waals surface area contributed by atoms with E-state index >= 15 is 0 Å². The maximum atomic E-state index is 12.9. The Morgan fingerprint density at radius 1 is 1.14 bits per heavy atom. The Morgan fingerprint density at radius 2 is 1.82 bits per heavy atom. The molecule has 0 aliphatic rings. The first-order chi connectivity index (χ1) is 13.5. The summed E-state index contributed by atoms with van der Waals surface area (Å²) in [5.74, 6) is 0.615. The van der Waals surface area contributed by atoms with Gasteiger partial charge in [0.05, 0.1) is 12.1 Å². The summed E-state index contributed by atoms with van der Waals surface area (Å²) in [4.78, 5) is 26.7. The van der Waals surface area contributed by atoms with E-state index < -0.39 is 6.04 Å². The van der Waals surface area contributed by atoms with Gasteiger partial charge in [0.2, 0.25) is 5.91 Å². The molecule has 0 aliphatic carbocycles. The summed E-state index contributed by atoms with van der Waals surface area (Å²) in [6.07, 6.45) is 0. The average Bonchev–Trinajstić information content (AvgIpc) is 2.71. The van der Waals surface area contributed by atoms with Crippen LogP contribution in [-0.4, -0.2) is 43.0 Å². The molecule has 0 unspecified atom stereocenters. The summed E-state index contributed by atoms with van der Waals surface area (Å²) < 4.78 is 10.7. The molecule has 0 fully saturated rings. The topological polar surface area (TPSA) is 67.9 Å². The Balaban J connectivity index is 2.14. The van der Waals surface area contributed by atoms with Crippen LogP contribution in [-0.2, 0) is 16.1 Å². The van der Waals surface area contributed by atoms with Crippen molar-refractivity contribution in [2.24, 2.45) is 0 Å².